The molecule has 2 N–H and O–H groups in total. The molecule has 136 valence electrons. The zero-order valence-corrected chi connectivity index (χ0v) is 14.3. The minimum atomic E-state index is -1.03. The van der Waals surface area contributed by atoms with E-state index in [4.69, 9.17) is 25.8 Å². The lowest BCUT2D eigenvalue weighted by Gasteiger charge is -2.15. The van der Waals surface area contributed by atoms with Gasteiger partial charge in [0.15, 0.2) is 29.2 Å². The predicted molar refractivity (Wildman–Crippen MR) is 89.7 cm³/mol. The van der Waals surface area contributed by atoms with Crippen molar-refractivity contribution in [3.63, 3.8) is 0 Å². The second kappa shape index (κ2) is 7.49. The van der Waals surface area contributed by atoms with Crippen LogP contribution in [0.5, 0.6) is 17.2 Å². The van der Waals surface area contributed by atoms with Crippen molar-refractivity contribution in [1.29, 1.82) is 0 Å². The first-order valence-electron chi connectivity index (χ1n) is 7.56. The number of hydrazine groups is 1. The van der Waals surface area contributed by atoms with Gasteiger partial charge in [-0.2, -0.15) is 0 Å². The average molecular weight is 381 g/mol. The molecule has 0 aromatic heterocycles. The normalized spacial score (nSPS) is 13.0. The molecule has 2 aromatic rings. The summed E-state index contributed by atoms with van der Waals surface area (Å²) in [6, 6.07) is 8.51. The van der Waals surface area contributed by atoms with Crippen molar-refractivity contribution in [2.75, 3.05) is 6.79 Å². The van der Waals surface area contributed by atoms with E-state index in [9.17, 15) is 14.0 Å². The van der Waals surface area contributed by atoms with Crippen molar-refractivity contribution in [2.45, 2.75) is 13.0 Å². The van der Waals surface area contributed by atoms with Crippen LogP contribution in [0.25, 0.3) is 0 Å². The number of fused-ring (bicyclic) bond motifs is 1. The van der Waals surface area contributed by atoms with E-state index < -0.39 is 23.7 Å². The molecule has 1 aliphatic heterocycles. The number of amides is 2. The van der Waals surface area contributed by atoms with E-state index in [0.717, 1.165) is 0 Å². The van der Waals surface area contributed by atoms with Crippen LogP contribution in [-0.4, -0.2) is 24.7 Å². The number of benzene rings is 2. The van der Waals surface area contributed by atoms with Crippen molar-refractivity contribution in [2.24, 2.45) is 0 Å². The number of para-hydroxylation sites is 1. The lowest BCUT2D eigenvalue weighted by molar-refractivity contribution is -0.128. The van der Waals surface area contributed by atoms with E-state index >= 15 is 0 Å². The van der Waals surface area contributed by atoms with Gasteiger partial charge < -0.3 is 14.2 Å². The number of hydrogen-bond acceptors (Lipinski definition) is 5. The van der Waals surface area contributed by atoms with Gasteiger partial charge in [0.1, 0.15) is 0 Å². The average Bonchev–Trinajstić information content (AvgIpc) is 3.10. The first-order valence-corrected chi connectivity index (χ1v) is 7.94. The molecule has 1 heterocycles. The van der Waals surface area contributed by atoms with Crippen LogP contribution >= 0.6 is 11.6 Å². The van der Waals surface area contributed by atoms with Gasteiger partial charge in [-0.1, -0.05) is 23.7 Å². The van der Waals surface area contributed by atoms with E-state index in [2.05, 4.69) is 10.9 Å². The van der Waals surface area contributed by atoms with Crippen molar-refractivity contribution in [3.8, 4) is 17.2 Å². The van der Waals surface area contributed by atoms with Gasteiger partial charge >= 0.3 is 0 Å². The Labute approximate surface area is 153 Å². The van der Waals surface area contributed by atoms with Gasteiger partial charge in [-0.3, -0.25) is 20.4 Å². The molecular formula is C17H14ClFN2O5. The van der Waals surface area contributed by atoms with Gasteiger partial charge in [-0.25, -0.2) is 4.39 Å². The number of rotatable bonds is 4. The molecule has 1 atom stereocenters. The fraction of sp³-hybridized carbons (Fsp3) is 0.176. The van der Waals surface area contributed by atoms with Gasteiger partial charge in [-0.05, 0) is 31.2 Å². The van der Waals surface area contributed by atoms with E-state index in [-0.39, 0.29) is 23.1 Å². The third-order valence-corrected chi connectivity index (χ3v) is 3.78. The Hall–Kier alpha value is -3.00. The van der Waals surface area contributed by atoms with E-state index in [1.165, 1.54) is 37.3 Å². The van der Waals surface area contributed by atoms with Crippen LogP contribution in [-0.2, 0) is 4.79 Å². The summed E-state index contributed by atoms with van der Waals surface area (Å²) in [6.45, 7) is 1.44. The second-order valence-electron chi connectivity index (χ2n) is 5.33. The maximum absolute atomic E-state index is 13.5. The van der Waals surface area contributed by atoms with Crippen molar-refractivity contribution < 1.29 is 28.2 Å². The van der Waals surface area contributed by atoms with E-state index in [1.807, 2.05) is 0 Å². The lowest BCUT2D eigenvalue weighted by atomic mass is 10.2. The summed E-state index contributed by atoms with van der Waals surface area (Å²) < 4.78 is 29.1. The first kappa shape index (κ1) is 17.8. The van der Waals surface area contributed by atoms with Crippen LogP contribution in [0.15, 0.2) is 36.4 Å². The number of nitrogens with one attached hydrogen (secondary N) is 2. The van der Waals surface area contributed by atoms with Gasteiger partial charge in [0.2, 0.25) is 6.79 Å². The van der Waals surface area contributed by atoms with Crippen LogP contribution < -0.4 is 25.1 Å². The summed E-state index contributed by atoms with van der Waals surface area (Å²) in [7, 11) is 0. The molecular weight excluding hydrogens is 367 g/mol. The van der Waals surface area contributed by atoms with Crippen LogP contribution in [0.1, 0.15) is 17.3 Å². The molecule has 2 amide bonds. The maximum Gasteiger partial charge on any atom is 0.279 e. The summed E-state index contributed by atoms with van der Waals surface area (Å²) in [4.78, 5) is 24.2. The monoisotopic (exact) mass is 380 g/mol. The zero-order valence-electron chi connectivity index (χ0n) is 13.5. The second-order valence-corrected chi connectivity index (χ2v) is 5.73. The van der Waals surface area contributed by atoms with Gasteiger partial charge in [0.05, 0.1) is 5.02 Å². The number of ether oxygens (including phenoxy) is 3. The summed E-state index contributed by atoms with van der Waals surface area (Å²) in [5, 5.41) is 0.215. The number of carbonyl (C=O) groups excluding carboxylic acids is 2. The molecule has 7 nitrogen and oxygen atoms in total. The SMILES string of the molecule is C[C@@H](Oc1ccccc1F)C(=O)NNC(=O)c1cc(Cl)c2c(c1)OCO2. The fourth-order valence-corrected chi connectivity index (χ4v) is 2.44. The van der Waals surface area contributed by atoms with Crippen LogP contribution in [0.4, 0.5) is 4.39 Å². The molecule has 3 rings (SSSR count). The third-order valence-electron chi connectivity index (χ3n) is 3.50. The quantitative estimate of drug-likeness (QED) is 0.796. The topological polar surface area (TPSA) is 85.9 Å². The Morgan fingerprint density at radius 2 is 2.00 bits per heavy atom. The highest BCUT2D eigenvalue weighted by atomic mass is 35.5. The molecule has 26 heavy (non-hydrogen) atoms. The Kier molecular flexibility index (Phi) is 5.13. The Morgan fingerprint density at radius 3 is 2.77 bits per heavy atom. The third kappa shape index (κ3) is 3.80. The number of carbonyl (C=O) groups is 2. The van der Waals surface area contributed by atoms with E-state index in [1.54, 1.807) is 6.07 Å². The van der Waals surface area contributed by atoms with Gasteiger partial charge in [-0.15, -0.1) is 0 Å². The minimum Gasteiger partial charge on any atom is -0.478 e. The van der Waals surface area contributed by atoms with Gasteiger partial charge in [0.25, 0.3) is 11.8 Å². The standard InChI is InChI=1S/C17H14ClFN2O5/c1-9(26-13-5-3-2-4-12(13)19)16(22)20-21-17(23)10-6-11(18)15-14(7-10)24-8-25-15/h2-7,9H,8H2,1H3,(H,20,22)(H,21,23)/t9-/m1/s1. The largest absolute Gasteiger partial charge is 0.478 e. The summed E-state index contributed by atoms with van der Waals surface area (Å²) in [5.74, 6) is -1.23. The number of hydrogen-bond donors (Lipinski definition) is 2. The van der Waals surface area contributed by atoms with Crippen molar-refractivity contribution in [3.05, 3.63) is 52.8 Å². The maximum atomic E-state index is 13.5. The molecule has 0 spiro atoms. The minimum absolute atomic E-state index is 0.0156. The molecule has 0 saturated heterocycles. The zero-order chi connectivity index (χ0) is 18.7. The molecule has 1 aliphatic rings. The highest BCUT2D eigenvalue weighted by Gasteiger charge is 2.22. The molecule has 0 unspecified atom stereocenters. The highest BCUT2D eigenvalue weighted by Crippen LogP contribution is 2.39. The molecule has 0 fully saturated rings. The van der Waals surface area contributed by atoms with Crippen LogP contribution in [0.2, 0.25) is 5.02 Å². The van der Waals surface area contributed by atoms with Gasteiger partial charge in [0, 0.05) is 5.56 Å². The molecule has 2 aromatic carbocycles. The molecule has 0 saturated carbocycles. The van der Waals surface area contributed by atoms with Crippen LogP contribution in [0.3, 0.4) is 0 Å². The summed E-state index contributed by atoms with van der Waals surface area (Å²) in [6.07, 6.45) is -1.03. The Balaban J connectivity index is 1.58. The van der Waals surface area contributed by atoms with Crippen molar-refractivity contribution >= 4 is 23.4 Å². The predicted octanol–water partition coefficient (Wildman–Crippen LogP) is 2.44. The number of halogens is 2. The van der Waals surface area contributed by atoms with Crippen molar-refractivity contribution in [1.82, 2.24) is 10.9 Å². The first-order chi connectivity index (χ1) is 12.5. The summed E-state index contributed by atoms with van der Waals surface area (Å²) >= 11 is 6.01. The molecule has 9 heteroatoms. The molecule has 0 bridgehead atoms. The highest BCUT2D eigenvalue weighted by molar-refractivity contribution is 6.32. The smallest absolute Gasteiger partial charge is 0.279 e. The molecule has 0 aliphatic carbocycles. The Bertz CT molecular complexity index is 861. The lowest BCUT2D eigenvalue weighted by Crippen LogP contribution is -2.47. The fourth-order valence-electron chi connectivity index (χ4n) is 2.17. The van der Waals surface area contributed by atoms with E-state index in [0.29, 0.717) is 11.5 Å². The van der Waals surface area contributed by atoms with Crippen LogP contribution in [0, 0.1) is 5.82 Å². The Morgan fingerprint density at radius 1 is 1.23 bits per heavy atom. The summed E-state index contributed by atoms with van der Waals surface area (Å²) in [5.41, 5.74) is 4.61. The molecule has 0 radical (unpaired) electrons.